The van der Waals surface area contributed by atoms with E-state index < -0.39 is 16.0 Å². The first-order chi connectivity index (χ1) is 12.0. The normalized spacial score (nSPS) is 19.6. The second-order valence-corrected chi connectivity index (χ2v) is 9.94. The fraction of sp³-hybridized carbons (Fsp3) is 0.706. The van der Waals surface area contributed by atoms with Crippen LogP contribution in [0.15, 0.2) is 4.21 Å². The average molecular weight is 387 g/mol. The number of carbonyl (C=O) groups is 1. The first kappa shape index (κ1) is 18.8. The van der Waals surface area contributed by atoms with Crippen LogP contribution < -0.4 is 5.32 Å². The van der Waals surface area contributed by atoms with Crippen LogP contribution in [0.5, 0.6) is 0 Å². The summed E-state index contributed by atoms with van der Waals surface area (Å²) in [6.07, 6.45) is 6.66. The van der Waals surface area contributed by atoms with E-state index in [1.165, 1.54) is 0 Å². The predicted molar refractivity (Wildman–Crippen MR) is 97.7 cm³/mol. The van der Waals surface area contributed by atoms with E-state index in [9.17, 15) is 18.3 Å². The molecule has 1 aromatic rings. The number of thiophene rings is 1. The lowest BCUT2D eigenvalue weighted by Gasteiger charge is -2.29. The van der Waals surface area contributed by atoms with Crippen molar-refractivity contribution in [1.82, 2.24) is 9.62 Å². The highest BCUT2D eigenvalue weighted by Gasteiger charge is 2.37. The maximum absolute atomic E-state index is 13.4. The summed E-state index contributed by atoms with van der Waals surface area (Å²) in [5, 5.41) is 12.9. The van der Waals surface area contributed by atoms with Gasteiger partial charge in [0.1, 0.15) is 4.21 Å². The third-order valence-corrected chi connectivity index (χ3v) is 8.95. The molecule has 3 rings (SSSR count). The van der Waals surface area contributed by atoms with E-state index in [0.717, 1.165) is 54.7 Å². The summed E-state index contributed by atoms with van der Waals surface area (Å²) in [6.45, 7) is 3.46. The van der Waals surface area contributed by atoms with Gasteiger partial charge in [0.25, 0.3) is 10.0 Å². The molecule has 0 atom stereocenters. The number of nitrogens with one attached hydrogen (secondary N) is 1. The minimum absolute atomic E-state index is 0.00794. The van der Waals surface area contributed by atoms with Crippen LogP contribution in [0.1, 0.15) is 66.2 Å². The maximum Gasteiger partial charge on any atom is 0.338 e. The molecule has 6 nitrogen and oxygen atoms in total. The largest absolute Gasteiger partial charge is 0.478 e. The van der Waals surface area contributed by atoms with Gasteiger partial charge in [0.05, 0.1) is 5.56 Å². The van der Waals surface area contributed by atoms with Crippen LogP contribution in [0, 0.1) is 0 Å². The highest BCUT2D eigenvalue weighted by atomic mass is 32.2. The van der Waals surface area contributed by atoms with Crippen molar-refractivity contribution in [1.29, 1.82) is 0 Å². The van der Waals surface area contributed by atoms with Crippen LogP contribution in [0.4, 0.5) is 0 Å². The van der Waals surface area contributed by atoms with Crippen LogP contribution in [0.3, 0.4) is 0 Å². The lowest BCUT2D eigenvalue weighted by Crippen LogP contribution is -2.40. The van der Waals surface area contributed by atoms with Gasteiger partial charge in [-0.15, -0.1) is 11.3 Å². The fourth-order valence-corrected chi connectivity index (χ4v) is 7.66. The number of carboxylic acids is 1. The number of nitrogens with zero attached hydrogens (tertiary/aromatic N) is 1. The molecule has 0 amide bonds. The topological polar surface area (TPSA) is 86.7 Å². The van der Waals surface area contributed by atoms with Gasteiger partial charge in [-0.05, 0) is 31.4 Å². The number of rotatable bonds is 5. The van der Waals surface area contributed by atoms with Crippen molar-refractivity contribution in [3.05, 3.63) is 16.0 Å². The van der Waals surface area contributed by atoms with Crippen molar-refractivity contribution in [2.45, 2.75) is 68.7 Å². The Kier molecular flexibility index (Phi) is 5.82. The van der Waals surface area contributed by atoms with E-state index in [4.69, 9.17) is 0 Å². The monoisotopic (exact) mass is 386 g/mol. The summed E-state index contributed by atoms with van der Waals surface area (Å²) in [5.74, 6) is -1.13. The van der Waals surface area contributed by atoms with E-state index in [-0.39, 0.29) is 15.8 Å². The number of hydrogen-bond acceptors (Lipinski definition) is 5. The molecule has 1 saturated carbocycles. The molecule has 1 fully saturated rings. The number of aromatic carboxylic acids is 1. The SMILES string of the molecule is CCN(C1CCCCCC1)S(=O)(=O)c1sc2c(c1C(=O)O)CCNC2. The molecule has 2 heterocycles. The summed E-state index contributed by atoms with van der Waals surface area (Å²) in [7, 11) is -3.79. The molecule has 8 heteroatoms. The fourth-order valence-electron chi connectivity index (χ4n) is 3.98. The number of fused-ring (bicyclic) bond motifs is 1. The van der Waals surface area contributed by atoms with Crippen molar-refractivity contribution in [3.8, 4) is 0 Å². The second-order valence-electron chi connectivity index (χ2n) is 6.75. The number of sulfonamides is 1. The molecule has 0 saturated heterocycles. The van der Waals surface area contributed by atoms with Gasteiger partial charge in [-0.1, -0.05) is 32.6 Å². The van der Waals surface area contributed by atoms with E-state index >= 15 is 0 Å². The average Bonchev–Trinajstić information content (AvgIpc) is 2.79. The minimum atomic E-state index is -3.79. The van der Waals surface area contributed by atoms with Gasteiger partial charge in [-0.3, -0.25) is 0 Å². The smallest absolute Gasteiger partial charge is 0.338 e. The summed E-state index contributed by atoms with van der Waals surface area (Å²) in [4.78, 5) is 12.7. The van der Waals surface area contributed by atoms with Crippen molar-refractivity contribution < 1.29 is 18.3 Å². The van der Waals surface area contributed by atoms with Gasteiger partial charge in [0, 0.05) is 24.0 Å². The van der Waals surface area contributed by atoms with Gasteiger partial charge >= 0.3 is 5.97 Å². The van der Waals surface area contributed by atoms with Gasteiger partial charge in [-0.2, -0.15) is 4.31 Å². The van der Waals surface area contributed by atoms with Gasteiger partial charge in [0.2, 0.25) is 0 Å². The zero-order valence-electron chi connectivity index (χ0n) is 14.6. The maximum atomic E-state index is 13.4. The van der Waals surface area contributed by atoms with Crippen LogP contribution in [0.25, 0.3) is 0 Å². The Morgan fingerprint density at radius 2 is 1.96 bits per heavy atom. The Morgan fingerprint density at radius 1 is 1.28 bits per heavy atom. The summed E-state index contributed by atoms with van der Waals surface area (Å²) >= 11 is 1.14. The Morgan fingerprint density at radius 3 is 2.56 bits per heavy atom. The lowest BCUT2D eigenvalue weighted by molar-refractivity contribution is 0.0692. The van der Waals surface area contributed by atoms with Crippen LogP contribution in [-0.2, 0) is 23.0 Å². The number of hydrogen-bond donors (Lipinski definition) is 2. The molecule has 1 aliphatic heterocycles. The van der Waals surface area contributed by atoms with Crippen molar-refractivity contribution in [2.75, 3.05) is 13.1 Å². The zero-order chi connectivity index (χ0) is 18.0. The zero-order valence-corrected chi connectivity index (χ0v) is 16.2. The quantitative estimate of drug-likeness (QED) is 0.760. The molecule has 0 spiro atoms. The molecular formula is C17H26N2O4S2. The summed E-state index contributed by atoms with van der Waals surface area (Å²) in [5.41, 5.74) is 0.709. The highest BCUT2D eigenvalue weighted by molar-refractivity contribution is 7.91. The Hall–Kier alpha value is -0.960. The minimum Gasteiger partial charge on any atom is -0.478 e. The van der Waals surface area contributed by atoms with E-state index in [0.29, 0.717) is 31.6 Å². The molecule has 0 aromatic carbocycles. The molecule has 2 aliphatic rings. The molecular weight excluding hydrogens is 360 g/mol. The van der Waals surface area contributed by atoms with Crippen LogP contribution in [0.2, 0.25) is 0 Å². The number of carboxylic acid groups (broad SMARTS) is 1. The molecule has 1 aromatic heterocycles. The van der Waals surface area contributed by atoms with E-state index in [1.807, 2.05) is 6.92 Å². The first-order valence-electron chi connectivity index (χ1n) is 9.07. The molecule has 25 heavy (non-hydrogen) atoms. The molecule has 0 radical (unpaired) electrons. The highest BCUT2D eigenvalue weighted by Crippen LogP contribution is 2.37. The van der Waals surface area contributed by atoms with Gasteiger partial charge < -0.3 is 10.4 Å². The second kappa shape index (κ2) is 7.73. The Labute approximate surface area is 153 Å². The van der Waals surface area contributed by atoms with Crippen molar-refractivity contribution >= 4 is 27.3 Å². The Balaban J connectivity index is 2.03. The van der Waals surface area contributed by atoms with Crippen LogP contribution >= 0.6 is 11.3 Å². The molecule has 1 aliphatic carbocycles. The summed E-state index contributed by atoms with van der Waals surface area (Å²) in [6, 6.07) is -0.0172. The third kappa shape index (κ3) is 3.63. The van der Waals surface area contributed by atoms with Gasteiger partial charge in [0.15, 0.2) is 0 Å². The summed E-state index contributed by atoms with van der Waals surface area (Å²) < 4.78 is 28.3. The molecule has 140 valence electrons. The van der Waals surface area contributed by atoms with Crippen LogP contribution in [-0.4, -0.2) is 42.9 Å². The van der Waals surface area contributed by atoms with Crippen molar-refractivity contribution in [3.63, 3.8) is 0 Å². The predicted octanol–water partition coefficient (Wildman–Crippen LogP) is 2.83. The van der Waals surface area contributed by atoms with Crippen molar-refractivity contribution in [2.24, 2.45) is 0 Å². The first-order valence-corrected chi connectivity index (χ1v) is 11.3. The molecule has 0 bridgehead atoms. The van der Waals surface area contributed by atoms with E-state index in [2.05, 4.69) is 5.32 Å². The Bertz CT molecular complexity index is 734. The molecule has 0 unspecified atom stereocenters. The third-order valence-electron chi connectivity index (χ3n) is 5.20. The standard InChI is InChI=1S/C17H26N2O4S2/c1-2-19(12-7-5-3-4-6-8-12)25(22,23)17-15(16(20)21)13-9-10-18-11-14(13)24-17/h12,18H,2-11H2,1H3,(H,20,21). The molecule has 2 N–H and O–H groups in total. The lowest BCUT2D eigenvalue weighted by atomic mass is 10.1. The van der Waals surface area contributed by atoms with Gasteiger partial charge in [-0.25, -0.2) is 13.2 Å². The van der Waals surface area contributed by atoms with E-state index in [1.54, 1.807) is 4.31 Å².